The van der Waals surface area contributed by atoms with Gasteiger partial charge in [0.15, 0.2) is 0 Å². The second-order valence-corrected chi connectivity index (χ2v) is 4.74. The summed E-state index contributed by atoms with van der Waals surface area (Å²) in [5, 5.41) is 9.37. The van der Waals surface area contributed by atoms with E-state index in [9.17, 15) is 4.79 Å². The van der Waals surface area contributed by atoms with Crippen molar-refractivity contribution >= 4 is 5.91 Å². The Hall–Kier alpha value is -1.36. The normalized spacial score (nSPS) is 24.5. The van der Waals surface area contributed by atoms with Gasteiger partial charge in [-0.25, -0.2) is 0 Å². The number of carbonyl (C=O) groups excluding carboxylic acids is 1. The van der Waals surface area contributed by atoms with E-state index >= 15 is 0 Å². The Kier molecular flexibility index (Phi) is 4.14. The summed E-state index contributed by atoms with van der Waals surface area (Å²) in [6.45, 7) is 1.46. The summed E-state index contributed by atoms with van der Waals surface area (Å²) in [5.74, 6) is 1.04. The van der Waals surface area contributed by atoms with Gasteiger partial charge in [0, 0.05) is 12.7 Å². The van der Waals surface area contributed by atoms with Gasteiger partial charge in [0.1, 0.15) is 0 Å². The molecule has 0 spiro atoms. The van der Waals surface area contributed by atoms with Gasteiger partial charge in [-0.2, -0.15) is 5.10 Å². The van der Waals surface area contributed by atoms with Gasteiger partial charge in [0.05, 0.1) is 11.8 Å². The molecule has 0 saturated heterocycles. The van der Waals surface area contributed by atoms with E-state index in [-0.39, 0.29) is 5.91 Å². The van der Waals surface area contributed by atoms with Gasteiger partial charge in [0.25, 0.3) is 5.91 Å². The van der Waals surface area contributed by atoms with Crippen LogP contribution in [0.2, 0.25) is 0 Å². The number of carbonyl (C=O) groups is 1. The van der Waals surface area contributed by atoms with Gasteiger partial charge < -0.3 is 11.1 Å². The smallest absolute Gasteiger partial charge is 0.254 e. The number of hydrogen-bond donors (Lipinski definition) is 3. The van der Waals surface area contributed by atoms with Crippen molar-refractivity contribution in [2.45, 2.75) is 25.7 Å². The zero-order valence-electron chi connectivity index (χ0n) is 9.98. The first-order valence-electron chi connectivity index (χ1n) is 6.28. The zero-order valence-corrected chi connectivity index (χ0v) is 9.98. The SMILES string of the molecule is NCC1CCCCC1CNC(=O)c1cn[nH]c1. The highest BCUT2D eigenvalue weighted by Crippen LogP contribution is 2.28. The van der Waals surface area contributed by atoms with Crippen molar-refractivity contribution in [1.82, 2.24) is 15.5 Å². The third-order valence-electron chi connectivity index (χ3n) is 3.65. The molecule has 94 valence electrons. The molecule has 5 heteroatoms. The van der Waals surface area contributed by atoms with Gasteiger partial charge in [-0.05, 0) is 31.2 Å². The standard InChI is InChI=1S/C12H20N4O/c13-5-9-3-1-2-4-10(9)6-14-12(17)11-7-15-16-8-11/h7-10H,1-6,13H2,(H,14,17)(H,15,16). The van der Waals surface area contributed by atoms with Crippen LogP contribution < -0.4 is 11.1 Å². The van der Waals surface area contributed by atoms with Crippen molar-refractivity contribution in [3.63, 3.8) is 0 Å². The summed E-state index contributed by atoms with van der Waals surface area (Å²) >= 11 is 0. The topological polar surface area (TPSA) is 83.8 Å². The average Bonchev–Trinajstić information content (AvgIpc) is 2.90. The summed E-state index contributed by atoms with van der Waals surface area (Å²) in [7, 11) is 0. The van der Waals surface area contributed by atoms with Crippen LogP contribution in [0.15, 0.2) is 12.4 Å². The summed E-state index contributed by atoms with van der Waals surface area (Å²) < 4.78 is 0. The second kappa shape index (κ2) is 5.82. The first-order chi connectivity index (χ1) is 8.31. The maximum Gasteiger partial charge on any atom is 0.254 e. The van der Waals surface area contributed by atoms with E-state index < -0.39 is 0 Å². The molecule has 1 aromatic heterocycles. The van der Waals surface area contributed by atoms with Crippen LogP contribution in [0.4, 0.5) is 0 Å². The highest BCUT2D eigenvalue weighted by atomic mass is 16.1. The lowest BCUT2D eigenvalue weighted by molar-refractivity contribution is 0.0935. The molecule has 0 bridgehead atoms. The largest absolute Gasteiger partial charge is 0.352 e. The van der Waals surface area contributed by atoms with Crippen molar-refractivity contribution < 1.29 is 4.79 Å². The van der Waals surface area contributed by atoms with E-state index in [1.165, 1.54) is 31.9 Å². The minimum atomic E-state index is -0.0555. The van der Waals surface area contributed by atoms with Crippen molar-refractivity contribution in [2.24, 2.45) is 17.6 Å². The molecule has 2 atom stereocenters. The molecule has 1 aromatic rings. The fraction of sp³-hybridized carbons (Fsp3) is 0.667. The quantitative estimate of drug-likeness (QED) is 0.726. The number of hydrogen-bond acceptors (Lipinski definition) is 3. The van der Waals surface area contributed by atoms with Crippen LogP contribution in [0, 0.1) is 11.8 Å². The number of nitrogens with two attached hydrogens (primary N) is 1. The fourth-order valence-electron chi connectivity index (χ4n) is 2.56. The highest BCUT2D eigenvalue weighted by Gasteiger charge is 2.24. The Morgan fingerprint density at radius 2 is 2.24 bits per heavy atom. The molecular formula is C12H20N4O. The summed E-state index contributed by atoms with van der Waals surface area (Å²) in [4.78, 5) is 11.7. The molecule has 0 radical (unpaired) electrons. The van der Waals surface area contributed by atoms with Crippen LogP contribution in [0.25, 0.3) is 0 Å². The number of aromatic nitrogens is 2. The predicted octanol–water partition coefficient (Wildman–Crippen LogP) is 0.905. The molecule has 2 rings (SSSR count). The average molecular weight is 236 g/mol. The van der Waals surface area contributed by atoms with Gasteiger partial charge in [-0.3, -0.25) is 9.89 Å². The maximum atomic E-state index is 11.7. The van der Waals surface area contributed by atoms with Crippen molar-refractivity contribution in [3.05, 3.63) is 18.0 Å². The number of nitrogens with one attached hydrogen (secondary N) is 2. The molecule has 0 aromatic carbocycles. The van der Waals surface area contributed by atoms with E-state index in [4.69, 9.17) is 5.73 Å². The Bertz CT molecular complexity index is 349. The number of H-pyrrole nitrogens is 1. The van der Waals surface area contributed by atoms with E-state index in [2.05, 4.69) is 15.5 Å². The van der Waals surface area contributed by atoms with Crippen LogP contribution in [-0.4, -0.2) is 29.2 Å². The second-order valence-electron chi connectivity index (χ2n) is 4.74. The number of amides is 1. The fourth-order valence-corrected chi connectivity index (χ4v) is 2.56. The minimum Gasteiger partial charge on any atom is -0.352 e. The summed E-state index contributed by atoms with van der Waals surface area (Å²) in [6, 6.07) is 0. The Balaban J connectivity index is 1.82. The molecule has 2 unspecified atom stereocenters. The van der Waals surface area contributed by atoms with Gasteiger partial charge in [-0.15, -0.1) is 0 Å². The molecule has 1 fully saturated rings. The molecule has 1 heterocycles. The van der Waals surface area contributed by atoms with Crippen LogP contribution >= 0.6 is 0 Å². The lowest BCUT2D eigenvalue weighted by Gasteiger charge is -2.30. The first kappa shape index (κ1) is 12.1. The lowest BCUT2D eigenvalue weighted by atomic mass is 9.79. The third-order valence-corrected chi connectivity index (χ3v) is 3.65. The monoisotopic (exact) mass is 236 g/mol. The van der Waals surface area contributed by atoms with Gasteiger partial charge in [-0.1, -0.05) is 12.8 Å². The first-order valence-corrected chi connectivity index (χ1v) is 6.28. The Labute approximate surface area is 101 Å². The Morgan fingerprint density at radius 3 is 2.88 bits per heavy atom. The molecule has 1 amide bonds. The predicted molar refractivity (Wildman–Crippen MR) is 65.4 cm³/mol. The van der Waals surface area contributed by atoms with Gasteiger partial charge >= 0.3 is 0 Å². The highest BCUT2D eigenvalue weighted by molar-refractivity contribution is 5.93. The number of nitrogens with zero attached hydrogens (tertiary/aromatic N) is 1. The number of rotatable bonds is 4. The van der Waals surface area contributed by atoms with Crippen LogP contribution in [0.5, 0.6) is 0 Å². The molecule has 1 aliphatic carbocycles. The van der Waals surface area contributed by atoms with Gasteiger partial charge in [0.2, 0.25) is 0 Å². The van der Waals surface area contributed by atoms with E-state index in [0.29, 0.717) is 17.4 Å². The Morgan fingerprint density at radius 1 is 1.47 bits per heavy atom. The molecule has 5 nitrogen and oxygen atoms in total. The van der Waals surface area contributed by atoms with Crippen molar-refractivity contribution in [3.8, 4) is 0 Å². The zero-order chi connectivity index (χ0) is 12.1. The molecule has 0 aliphatic heterocycles. The molecule has 1 saturated carbocycles. The lowest BCUT2D eigenvalue weighted by Crippen LogP contribution is -2.36. The molecule has 1 aliphatic rings. The van der Waals surface area contributed by atoms with E-state index in [1.54, 1.807) is 6.20 Å². The van der Waals surface area contributed by atoms with Crippen molar-refractivity contribution in [1.29, 1.82) is 0 Å². The third kappa shape index (κ3) is 3.06. The molecular weight excluding hydrogens is 216 g/mol. The van der Waals surface area contributed by atoms with E-state index in [0.717, 1.165) is 13.1 Å². The molecule has 17 heavy (non-hydrogen) atoms. The van der Waals surface area contributed by atoms with E-state index in [1.807, 2.05) is 0 Å². The van der Waals surface area contributed by atoms with Crippen LogP contribution in [0.1, 0.15) is 36.0 Å². The van der Waals surface area contributed by atoms with Crippen LogP contribution in [-0.2, 0) is 0 Å². The maximum absolute atomic E-state index is 11.7. The van der Waals surface area contributed by atoms with Crippen molar-refractivity contribution in [2.75, 3.05) is 13.1 Å². The molecule has 4 N–H and O–H groups in total. The van der Waals surface area contributed by atoms with Crippen LogP contribution in [0.3, 0.4) is 0 Å². The summed E-state index contributed by atoms with van der Waals surface area (Å²) in [5.41, 5.74) is 6.35. The summed E-state index contributed by atoms with van der Waals surface area (Å²) in [6.07, 6.45) is 8.04. The number of aromatic amines is 1. The minimum absolute atomic E-state index is 0.0555.